The highest BCUT2D eigenvalue weighted by atomic mass is 16.3. The molecule has 0 saturated carbocycles. The van der Waals surface area contributed by atoms with Crippen LogP contribution in [0.25, 0.3) is 0 Å². The topological polar surface area (TPSA) is 99.1 Å². The van der Waals surface area contributed by atoms with Crippen molar-refractivity contribution in [3.63, 3.8) is 0 Å². The van der Waals surface area contributed by atoms with Gasteiger partial charge in [-0.3, -0.25) is 19.9 Å². The Morgan fingerprint density at radius 3 is 2.81 bits per heavy atom. The van der Waals surface area contributed by atoms with Crippen molar-refractivity contribution in [2.24, 2.45) is 10.9 Å². The summed E-state index contributed by atoms with van der Waals surface area (Å²) >= 11 is 0. The van der Waals surface area contributed by atoms with Gasteiger partial charge in [0.2, 0.25) is 5.91 Å². The fraction of sp³-hybridized carbons (Fsp3) is 0.286. The lowest BCUT2D eigenvalue weighted by molar-refractivity contribution is -0.131. The van der Waals surface area contributed by atoms with E-state index in [1.54, 1.807) is 18.2 Å². The third-order valence-corrected chi connectivity index (χ3v) is 2.95. The molecule has 1 aliphatic rings. The molecule has 0 aromatic heterocycles. The third-order valence-electron chi connectivity index (χ3n) is 2.95. The van der Waals surface area contributed by atoms with Crippen LogP contribution in [0.3, 0.4) is 0 Å². The van der Waals surface area contributed by atoms with Crippen molar-refractivity contribution in [3.05, 3.63) is 29.8 Å². The van der Waals surface area contributed by atoms with Crippen LogP contribution in [-0.4, -0.2) is 42.3 Å². The van der Waals surface area contributed by atoms with Crippen LogP contribution in [0.4, 0.5) is 10.5 Å². The van der Waals surface area contributed by atoms with Gasteiger partial charge in [-0.25, -0.2) is 9.69 Å². The van der Waals surface area contributed by atoms with Gasteiger partial charge in [0.25, 0.3) is 5.91 Å². The van der Waals surface area contributed by atoms with E-state index in [-0.39, 0.29) is 13.2 Å². The number of anilines is 1. The highest BCUT2D eigenvalue weighted by molar-refractivity contribution is 6.32. The molecule has 0 aliphatic carbocycles. The third kappa shape index (κ3) is 3.14. The lowest BCUT2D eigenvalue weighted by Gasteiger charge is -2.28. The molecule has 1 aliphatic heterocycles. The average Bonchev–Trinajstić information content (AvgIpc) is 2.42. The summed E-state index contributed by atoms with van der Waals surface area (Å²) in [7, 11) is 0. The summed E-state index contributed by atoms with van der Waals surface area (Å²) in [4.78, 5) is 40.7. The minimum atomic E-state index is -1.17. The number of carbonyl (C=O) groups is 3. The van der Waals surface area contributed by atoms with Crippen molar-refractivity contribution < 1.29 is 19.5 Å². The van der Waals surface area contributed by atoms with Crippen molar-refractivity contribution in [2.75, 3.05) is 18.1 Å². The number of imide groups is 2. The first-order valence-electron chi connectivity index (χ1n) is 6.41. The number of rotatable bonds is 4. The van der Waals surface area contributed by atoms with E-state index in [9.17, 15) is 14.4 Å². The molecule has 0 unspecified atom stereocenters. The highest BCUT2D eigenvalue weighted by Crippen LogP contribution is 2.21. The monoisotopic (exact) mass is 289 g/mol. The van der Waals surface area contributed by atoms with Gasteiger partial charge in [-0.1, -0.05) is 12.1 Å². The van der Waals surface area contributed by atoms with Gasteiger partial charge >= 0.3 is 6.03 Å². The molecule has 1 aromatic rings. The van der Waals surface area contributed by atoms with Crippen molar-refractivity contribution >= 4 is 29.7 Å². The first kappa shape index (κ1) is 14.9. The van der Waals surface area contributed by atoms with Gasteiger partial charge in [0, 0.05) is 6.21 Å². The standard InChI is InChI=1S/C14H15N3O4/c1-9-3-2-4-10(7-9)17-13(20)11(8-15-5-6-18)12(19)16-14(17)21/h2-4,7-8,11,18H,5-6H2,1H3,(H,16,19,21)/t11-/m0/s1. The summed E-state index contributed by atoms with van der Waals surface area (Å²) in [5.41, 5.74) is 1.28. The molecular weight excluding hydrogens is 274 g/mol. The Morgan fingerprint density at radius 1 is 1.38 bits per heavy atom. The number of aliphatic imine (C=N–C) groups is 1. The molecule has 7 nitrogen and oxygen atoms in total. The van der Waals surface area contributed by atoms with Gasteiger partial charge in [-0.2, -0.15) is 0 Å². The summed E-state index contributed by atoms with van der Waals surface area (Å²) in [6.07, 6.45) is 1.16. The number of hydrogen-bond acceptors (Lipinski definition) is 5. The lowest BCUT2D eigenvalue weighted by atomic mass is 10.1. The van der Waals surface area contributed by atoms with E-state index in [2.05, 4.69) is 10.3 Å². The summed E-state index contributed by atoms with van der Waals surface area (Å²) < 4.78 is 0. The maximum Gasteiger partial charge on any atom is 0.335 e. The van der Waals surface area contributed by atoms with Crippen LogP contribution in [0.5, 0.6) is 0 Å². The molecule has 0 bridgehead atoms. The van der Waals surface area contributed by atoms with E-state index < -0.39 is 23.8 Å². The second kappa shape index (κ2) is 6.27. The van der Waals surface area contributed by atoms with Crippen molar-refractivity contribution in [1.29, 1.82) is 0 Å². The maximum atomic E-state index is 12.3. The average molecular weight is 289 g/mol. The van der Waals surface area contributed by atoms with E-state index >= 15 is 0 Å². The summed E-state index contributed by atoms with van der Waals surface area (Å²) in [5, 5.41) is 10.8. The number of nitrogens with one attached hydrogen (secondary N) is 1. The second-order valence-corrected chi connectivity index (χ2v) is 4.56. The highest BCUT2D eigenvalue weighted by Gasteiger charge is 2.40. The van der Waals surface area contributed by atoms with Gasteiger partial charge < -0.3 is 5.11 Å². The van der Waals surface area contributed by atoms with Crippen molar-refractivity contribution in [2.45, 2.75) is 6.92 Å². The lowest BCUT2D eigenvalue weighted by Crippen LogP contribution is -2.58. The molecule has 2 N–H and O–H groups in total. The Kier molecular flexibility index (Phi) is 4.44. The minimum absolute atomic E-state index is 0.0927. The van der Waals surface area contributed by atoms with E-state index in [1.807, 2.05) is 13.0 Å². The predicted octanol–water partition coefficient (Wildman–Crippen LogP) is 0.257. The molecule has 0 radical (unpaired) electrons. The van der Waals surface area contributed by atoms with Crippen LogP contribution in [0, 0.1) is 12.8 Å². The normalized spacial score (nSPS) is 19.2. The molecular formula is C14H15N3O4. The number of benzene rings is 1. The molecule has 0 spiro atoms. The SMILES string of the molecule is Cc1cccc(N2C(=O)NC(=O)[C@H](C=NCCO)C2=O)c1. The molecule has 1 fully saturated rings. The number of urea groups is 1. The molecule has 7 heteroatoms. The Labute approximate surface area is 121 Å². The Bertz CT molecular complexity index is 612. The molecule has 1 atom stereocenters. The number of aliphatic hydroxyl groups excluding tert-OH is 1. The van der Waals surface area contributed by atoms with Gasteiger partial charge in [0.15, 0.2) is 5.92 Å². The molecule has 4 amide bonds. The van der Waals surface area contributed by atoms with Gasteiger partial charge in [-0.15, -0.1) is 0 Å². The van der Waals surface area contributed by atoms with Crippen LogP contribution >= 0.6 is 0 Å². The zero-order valence-electron chi connectivity index (χ0n) is 11.4. The summed E-state index contributed by atoms with van der Waals surface area (Å²) in [6, 6.07) is 6.07. The van der Waals surface area contributed by atoms with Crippen LogP contribution in [0.2, 0.25) is 0 Å². The number of nitrogens with zero attached hydrogens (tertiary/aromatic N) is 2. The van der Waals surface area contributed by atoms with Crippen LogP contribution in [-0.2, 0) is 9.59 Å². The molecule has 110 valence electrons. The number of aliphatic hydroxyl groups is 1. The smallest absolute Gasteiger partial charge is 0.335 e. The Balaban J connectivity index is 2.31. The Hall–Kier alpha value is -2.54. The number of amides is 4. The maximum absolute atomic E-state index is 12.3. The van der Waals surface area contributed by atoms with Crippen LogP contribution in [0.1, 0.15) is 5.56 Å². The van der Waals surface area contributed by atoms with E-state index in [0.717, 1.165) is 16.7 Å². The van der Waals surface area contributed by atoms with E-state index in [0.29, 0.717) is 5.69 Å². The molecule has 21 heavy (non-hydrogen) atoms. The van der Waals surface area contributed by atoms with Gasteiger partial charge in [-0.05, 0) is 24.6 Å². The predicted molar refractivity (Wildman–Crippen MR) is 76.1 cm³/mol. The number of barbiturate groups is 1. The zero-order valence-corrected chi connectivity index (χ0v) is 11.4. The number of carbonyl (C=O) groups excluding carboxylic acids is 3. The largest absolute Gasteiger partial charge is 0.394 e. The van der Waals surface area contributed by atoms with Crippen LogP contribution < -0.4 is 10.2 Å². The quantitative estimate of drug-likeness (QED) is 0.613. The summed E-state index contributed by atoms with van der Waals surface area (Å²) in [5.74, 6) is -2.54. The minimum Gasteiger partial charge on any atom is -0.394 e. The molecule has 1 saturated heterocycles. The zero-order chi connectivity index (χ0) is 15.4. The van der Waals surface area contributed by atoms with E-state index in [4.69, 9.17) is 5.11 Å². The van der Waals surface area contributed by atoms with Crippen molar-refractivity contribution in [1.82, 2.24) is 5.32 Å². The number of aryl methyl sites for hydroxylation is 1. The molecule has 1 heterocycles. The first-order chi connectivity index (χ1) is 10.0. The van der Waals surface area contributed by atoms with Gasteiger partial charge in [0.1, 0.15) is 0 Å². The molecule has 2 rings (SSSR count). The molecule has 1 aromatic carbocycles. The van der Waals surface area contributed by atoms with Crippen LogP contribution in [0.15, 0.2) is 29.3 Å². The fourth-order valence-electron chi connectivity index (χ4n) is 1.97. The second-order valence-electron chi connectivity index (χ2n) is 4.56. The summed E-state index contributed by atoms with van der Waals surface area (Å²) in [6.45, 7) is 1.75. The van der Waals surface area contributed by atoms with Gasteiger partial charge in [0.05, 0.1) is 18.8 Å². The first-order valence-corrected chi connectivity index (χ1v) is 6.41. The van der Waals surface area contributed by atoms with E-state index in [1.165, 1.54) is 0 Å². The van der Waals surface area contributed by atoms with Crippen molar-refractivity contribution in [3.8, 4) is 0 Å². The fourth-order valence-corrected chi connectivity index (χ4v) is 1.97. The Morgan fingerprint density at radius 2 is 2.14 bits per heavy atom. The number of hydrogen-bond donors (Lipinski definition) is 2.